The second-order valence-electron chi connectivity index (χ2n) is 5.70. The number of hydrogen-bond acceptors (Lipinski definition) is 2. The molecule has 0 atom stereocenters. The van der Waals surface area contributed by atoms with Crippen LogP contribution in [0.25, 0.3) is 22.8 Å². The third kappa shape index (κ3) is 2.21. The first-order valence-corrected chi connectivity index (χ1v) is 7.41. The minimum absolute atomic E-state index is 0.963. The van der Waals surface area contributed by atoms with Crippen LogP contribution >= 0.6 is 0 Å². The van der Waals surface area contributed by atoms with E-state index in [1.807, 2.05) is 30.1 Å². The Balaban J connectivity index is 2.22. The van der Waals surface area contributed by atoms with Crippen LogP contribution in [0.5, 0.6) is 0 Å². The Bertz CT molecular complexity index is 846. The van der Waals surface area contributed by atoms with Crippen LogP contribution in [-0.2, 0) is 14.1 Å². The molecule has 0 saturated carbocycles. The molecule has 22 heavy (non-hydrogen) atoms. The fourth-order valence-corrected chi connectivity index (χ4v) is 2.78. The number of nitrogens with zero attached hydrogens (tertiary/aromatic N) is 4. The molecule has 4 heteroatoms. The lowest BCUT2D eigenvalue weighted by Crippen LogP contribution is -2.31. The smallest absolute Gasteiger partial charge is 0.330 e. The highest BCUT2D eigenvalue weighted by atomic mass is 15.1. The molecule has 112 valence electrons. The van der Waals surface area contributed by atoms with Crippen molar-refractivity contribution in [3.05, 3.63) is 53.6 Å². The van der Waals surface area contributed by atoms with Crippen LogP contribution in [0, 0.1) is 20.8 Å². The first-order chi connectivity index (χ1) is 10.5. The molecule has 1 aromatic carbocycles. The van der Waals surface area contributed by atoms with E-state index in [4.69, 9.17) is 4.98 Å². The highest BCUT2D eigenvalue weighted by Crippen LogP contribution is 2.29. The Labute approximate surface area is 131 Å². The van der Waals surface area contributed by atoms with Gasteiger partial charge in [0.25, 0.3) is 0 Å². The minimum atomic E-state index is 0.963. The largest absolute Gasteiger partial charge is 0.331 e. The van der Waals surface area contributed by atoms with Crippen molar-refractivity contribution in [1.82, 2.24) is 14.5 Å². The standard InChI is InChI=1S/C18H21N4/c1-12-15(17-19-10-7-11-21(17)4)8-6-9-16(12)18-20-13(2)14(3)22(18)5/h6-11H,1-5H3/q+1. The molecular weight excluding hydrogens is 272 g/mol. The summed E-state index contributed by atoms with van der Waals surface area (Å²) in [6.45, 7) is 6.29. The summed E-state index contributed by atoms with van der Waals surface area (Å²) >= 11 is 0. The van der Waals surface area contributed by atoms with Crippen molar-refractivity contribution in [3.63, 3.8) is 0 Å². The van der Waals surface area contributed by atoms with Crippen molar-refractivity contribution in [2.75, 3.05) is 0 Å². The first-order valence-electron chi connectivity index (χ1n) is 7.41. The Morgan fingerprint density at radius 3 is 2.41 bits per heavy atom. The topological polar surface area (TPSA) is 34.6 Å². The van der Waals surface area contributed by atoms with Crippen LogP contribution in [0.15, 0.2) is 36.7 Å². The second-order valence-corrected chi connectivity index (χ2v) is 5.70. The van der Waals surface area contributed by atoms with Gasteiger partial charge in [-0.2, -0.15) is 0 Å². The summed E-state index contributed by atoms with van der Waals surface area (Å²) in [6.07, 6.45) is 3.85. The minimum Gasteiger partial charge on any atom is -0.331 e. The quantitative estimate of drug-likeness (QED) is 0.681. The van der Waals surface area contributed by atoms with Gasteiger partial charge in [0.2, 0.25) is 0 Å². The van der Waals surface area contributed by atoms with Gasteiger partial charge in [-0.15, -0.1) is 0 Å². The fourth-order valence-electron chi connectivity index (χ4n) is 2.78. The zero-order chi connectivity index (χ0) is 15.9. The number of imidazole rings is 1. The molecule has 0 saturated heterocycles. The van der Waals surface area contributed by atoms with Crippen molar-refractivity contribution in [1.29, 1.82) is 0 Å². The van der Waals surface area contributed by atoms with Gasteiger partial charge in [0.1, 0.15) is 12.0 Å². The predicted octanol–water partition coefficient (Wildman–Crippen LogP) is 2.90. The van der Waals surface area contributed by atoms with E-state index in [0.717, 1.165) is 28.5 Å². The molecule has 0 spiro atoms. The fraction of sp³-hybridized carbons (Fsp3) is 0.278. The highest BCUT2D eigenvalue weighted by Gasteiger charge is 2.19. The molecule has 0 unspecified atom stereocenters. The summed E-state index contributed by atoms with van der Waals surface area (Å²) in [5.74, 6) is 1.97. The molecule has 0 aliphatic heterocycles. The van der Waals surface area contributed by atoms with Gasteiger partial charge in [-0.1, -0.05) is 12.1 Å². The molecule has 3 aromatic rings. The summed E-state index contributed by atoms with van der Waals surface area (Å²) in [7, 11) is 4.08. The lowest BCUT2D eigenvalue weighted by atomic mass is 10.0. The van der Waals surface area contributed by atoms with E-state index in [0.29, 0.717) is 0 Å². The van der Waals surface area contributed by atoms with Crippen LogP contribution in [0.1, 0.15) is 17.0 Å². The molecule has 0 aliphatic carbocycles. The molecule has 2 aromatic heterocycles. The van der Waals surface area contributed by atoms with Crippen LogP contribution in [0.2, 0.25) is 0 Å². The van der Waals surface area contributed by atoms with E-state index in [-0.39, 0.29) is 0 Å². The zero-order valence-electron chi connectivity index (χ0n) is 13.8. The van der Waals surface area contributed by atoms with Crippen LogP contribution in [0.3, 0.4) is 0 Å². The zero-order valence-corrected chi connectivity index (χ0v) is 13.8. The van der Waals surface area contributed by atoms with E-state index < -0.39 is 0 Å². The van der Waals surface area contributed by atoms with E-state index in [9.17, 15) is 0 Å². The van der Waals surface area contributed by atoms with Gasteiger partial charge in [-0.25, -0.2) is 9.55 Å². The summed E-state index contributed by atoms with van der Waals surface area (Å²) in [6, 6.07) is 8.26. The van der Waals surface area contributed by atoms with Crippen molar-refractivity contribution < 1.29 is 4.57 Å². The molecule has 0 bridgehead atoms. The number of rotatable bonds is 2. The normalized spacial score (nSPS) is 11.0. The highest BCUT2D eigenvalue weighted by molar-refractivity contribution is 5.72. The van der Waals surface area contributed by atoms with Gasteiger partial charge >= 0.3 is 5.82 Å². The van der Waals surface area contributed by atoms with Crippen LogP contribution in [-0.4, -0.2) is 14.5 Å². The Morgan fingerprint density at radius 1 is 1.05 bits per heavy atom. The lowest BCUT2D eigenvalue weighted by Gasteiger charge is -2.10. The maximum absolute atomic E-state index is 4.73. The van der Waals surface area contributed by atoms with Gasteiger partial charge in [0.15, 0.2) is 0 Å². The average molecular weight is 293 g/mol. The van der Waals surface area contributed by atoms with E-state index in [1.54, 1.807) is 0 Å². The van der Waals surface area contributed by atoms with Crippen molar-refractivity contribution >= 4 is 0 Å². The maximum Gasteiger partial charge on any atom is 0.330 e. The van der Waals surface area contributed by atoms with E-state index >= 15 is 0 Å². The van der Waals surface area contributed by atoms with Gasteiger partial charge in [0, 0.05) is 24.4 Å². The van der Waals surface area contributed by atoms with E-state index in [1.165, 1.54) is 11.3 Å². The van der Waals surface area contributed by atoms with Crippen molar-refractivity contribution in [2.45, 2.75) is 20.8 Å². The number of aryl methyl sites for hydroxylation is 2. The van der Waals surface area contributed by atoms with E-state index in [2.05, 4.69) is 55.6 Å². The van der Waals surface area contributed by atoms with Crippen molar-refractivity contribution in [2.24, 2.45) is 14.1 Å². The molecule has 0 amide bonds. The van der Waals surface area contributed by atoms with Gasteiger partial charge in [0.05, 0.1) is 24.5 Å². The molecule has 0 fully saturated rings. The van der Waals surface area contributed by atoms with Gasteiger partial charge in [-0.3, -0.25) is 0 Å². The van der Waals surface area contributed by atoms with Crippen LogP contribution < -0.4 is 4.57 Å². The molecule has 4 nitrogen and oxygen atoms in total. The second kappa shape index (κ2) is 5.37. The summed E-state index contributed by atoms with van der Waals surface area (Å²) < 4.78 is 4.20. The first kappa shape index (κ1) is 14.4. The maximum atomic E-state index is 4.73. The van der Waals surface area contributed by atoms with Crippen molar-refractivity contribution in [3.8, 4) is 22.8 Å². The lowest BCUT2D eigenvalue weighted by molar-refractivity contribution is -0.663. The Kier molecular flexibility index (Phi) is 3.53. The SMILES string of the molecule is Cc1nc(-c2cccc(-c3nccc[n+]3C)c2C)n(C)c1C. The monoisotopic (exact) mass is 293 g/mol. The molecule has 3 rings (SSSR count). The number of aromatic nitrogens is 4. The number of hydrogen-bond donors (Lipinski definition) is 0. The predicted molar refractivity (Wildman–Crippen MR) is 87.3 cm³/mol. The summed E-state index contributed by atoms with van der Waals surface area (Å²) in [4.78, 5) is 9.26. The van der Waals surface area contributed by atoms with Gasteiger partial charge in [-0.05, 0) is 37.4 Å². The Morgan fingerprint density at radius 2 is 1.77 bits per heavy atom. The molecular formula is C18H21N4+. The van der Waals surface area contributed by atoms with Crippen LogP contribution in [0.4, 0.5) is 0 Å². The average Bonchev–Trinajstić information content (AvgIpc) is 2.76. The summed E-state index contributed by atoms with van der Waals surface area (Å²) in [5, 5.41) is 0. The molecule has 2 heterocycles. The third-order valence-electron chi connectivity index (χ3n) is 4.36. The molecule has 0 N–H and O–H groups in total. The summed E-state index contributed by atoms with van der Waals surface area (Å²) in [5.41, 5.74) is 5.76. The molecule has 0 aliphatic rings. The Hall–Kier alpha value is -2.49. The number of benzene rings is 1. The third-order valence-corrected chi connectivity index (χ3v) is 4.36. The molecule has 0 radical (unpaired) electrons. The van der Waals surface area contributed by atoms with Gasteiger partial charge < -0.3 is 4.57 Å².